The van der Waals surface area contributed by atoms with Crippen molar-refractivity contribution >= 4 is 10.9 Å². The lowest BCUT2D eigenvalue weighted by Crippen LogP contribution is -1.97. The second kappa shape index (κ2) is 5.73. The van der Waals surface area contributed by atoms with Crippen molar-refractivity contribution in [2.24, 2.45) is 0 Å². The van der Waals surface area contributed by atoms with E-state index in [1.54, 1.807) is 7.11 Å². The van der Waals surface area contributed by atoms with Crippen LogP contribution in [0.2, 0.25) is 0 Å². The number of nitrogens with one attached hydrogen (secondary N) is 1. The maximum Gasteiger partial charge on any atom is 0.434 e. The number of aromatic amines is 1. The molecule has 0 amide bonds. The van der Waals surface area contributed by atoms with E-state index >= 15 is 0 Å². The summed E-state index contributed by atoms with van der Waals surface area (Å²) in [6, 6.07) is 15.9. The Morgan fingerprint density at radius 3 is 2.67 bits per heavy atom. The zero-order valence-corrected chi connectivity index (χ0v) is 13.0. The fraction of sp³-hybridized carbons (Fsp3) is 0.111. The van der Waals surface area contributed by atoms with Gasteiger partial charge in [-0.2, -0.15) is 0 Å². The Kier molecular flexibility index (Phi) is 3.42. The average molecular weight is 321 g/mol. The summed E-state index contributed by atoms with van der Waals surface area (Å²) in [5, 5.41) is 7.24. The summed E-state index contributed by atoms with van der Waals surface area (Å²) in [4.78, 5) is 11.3. The largest absolute Gasteiger partial charge is 0.497 e. The van der Waals surface area contributed by atoms with Gasteiger partial charge in [-0.1, -0.05) is 30.3 Å². The minimum atomic E-state index is -0.558. The molecule has 6 heteroatoms. The van der Waals surface area contributed by atoms with Gasteiger partial charge in [0.25, 0.3) is 5.89 Å². The molecule has 0 aliphatic heterocycles. The number of nitrogens with zero attached hydrogens (tertiary/aromatic N) is 2. The first-order valence-corrected chi connectivity index (χ1v) is 7.51. The van der Waals surface area contributed by atoms with Crippen molar-refractivity contribution < 1.29 is 9.15 Å². The number of rotatable bonds is 4. The van der Waals surface area contributed by atoms with Crippen LogP contribution in [0.3, 0.4) is 0 Å². The van der Waals surface area contributed by atoms with Crippen LogP contribution in [0.4, 0.5) is 0 Å². The number of hydrogen-bond acceptors (Lipinski definition) is 4. The molecule has 0 fully saturated rings. The van der Waals surface area contributed by atoms with Crippen molar-refractivity contribution in [1.82, 2.24) is 14.8 Å². The summed E-state index contributed by atoms with van der Waals surface area (Å²) >= 11 is 0. The van der Waals surface area contributed by atoms with E-state index in [1.165, 1.54) is 0 Å². The predicted molar refractivity (Wildman–Crippen MR) is 90.2 cm³/mol. The fourth-order valence-electron chi connectivity index (χ4n) is 2.82. The van der Waals surface area contributed by atoms with Gasteiger partial charge in [-0.05, 0) is 23.8 Å². The Balaban J connectivity index is 1.79. The quantitative estimate of drug-likeness (QED) is 0.627. The Hall–Kier alpha value is -3.28. The van der Waals surface area contributed by atoms with Gasteiger partial charge in [-0.25, -0.2) is 9.89 Å². The van der Waals surface area contributed by atoms with Gasteiger partial charge in [0.05, 0.1) is 12.7 Å². The third kappa shape index (κ3) is 2.48. The molecule has 0 saturated heterocycles. The van der Waals surface area contributed by atoms with E-state index in [9.17, 15) is 4.79 Å². The highest BCUT2D eigenvalue weighted by molar-refractivity contribution is 5.94. The topological polar surface area (TPSA) is 73.1 Å². The first kappa shape index (κ1) is 14.3. The highest BCUT2D eigenvalue weighted by Gasteiger charge is 2.14. The van der Waals surface area contributed by atoms with E-state index in [-0.39, 0.29) is 0 Å². The first-order valence-electron chi connectivity index (χ1n) is 7.51. The number of benzene rings is 2. The Labute approximate surface area is 137 Å². The summed E-state index contributed by atoms with van der Waals surface area (Å²) in [5.41, 5.74) is 2.98. The van der Waals surface area contributed by atoms with Gasteiger partial charge < -0.3 is 13.7 Å². The van der Waals surface area contributed by atoms with Crippen molar-refractivity contribution in [3.05, 3.63) is 70.8 Å². The highest BCUT2D eigenvalue weighted by atomic mass is 16.5. The first-order chi connectivity index (χ1) is 11.7. The van der Waals surface area contributed by atoms with Gasteiger partial charge >= 0.3 is 5.76 Å². The van der Waals surface area contributed by atoms with E-state index in [1.807, 2.05) is 54.7 Å². The Morgan fingerprint density at radius 1 is 1.17 bits per heavy atom. The normalized spacial score (nSPS) is 11.0. The molecule has 2 heterocycles. The molecule has 6 nitrogen and oxygen atoms in total. The fourth-order valence-corrected chi connectivity index (χ4v) is 2.82. The van der Waals surface area contributed by atoms with Crippen LogP contribution in [0.1, 0.15) is 5.56 Å². The van der Waals surface area contributed by atoms with E-state index in [4.69, 9.17) is 9.15 Å². The molecule has 24 heavy (non-hydrogen) atoms. The molecule has 120 valence electrons. The van der Waals surface area contributed by atoms with Crippen molar-refractivity contribution in [2.75, 3.05) is 7.11 Å². The Bertz CT molecular complexity index is 1040. The third-order valence-corrected chi connectivity index (χ3v) is 3.97. The molecular weight excluding hydrogens is 306 g/mol. The number of fused-ring (bicyclic) bond motifs is 1. The molecule has 0 radical (unpaired) electrons. The summed E-state index contributed by atoms with van der Waals surface area (Å²) in [7, 11) is 1.65. The molecule has 4 rings (SSSR count). The van der Waals surface area contributed by atoms with Crippen LogP contribution < -0.4 is 10.5 Å². The van der Waals surface area contributed by atoms with Crippen molar-refractivity contribution in [2.45, 2.75) is 6.54 Å². The van der Waals surface area contributed by atoms with Crippen LogP contribution in [0.15, 0.2) is 63.9 Å². The van der Waals surface area contributed by atoms with E-state index in [0.29, 0.717) is 12.4 Å². The molecular formula is C18H15N3O3. The molecule has 1 N–H and O–H groups in total. The molecule has 4 aromatic rings. The molecule has 0 saturated carbocycles. The SMILES string of the molecule is COc1ccc(Cn2cc(-c3n[nH]c(=O)o3)c3ccccc32)cc1. The highest BCUT2D eigenvalue weighted by Crippen LogP contribution is 2.29. The van der Waals surface area contributed by atoms with Gasteiger partial charge in [0.2, 0.25) is 0 Å². The van der Waals surface area contributed by atoms with Gasteiger partial charge in [0, 0.05) is 23.6 Å². The number of H-pyrrole nitrogens is 1. The number of aromatic nitrogens is 3. The number of methoxy groups -OCH3 is 1. The maximum absolute atomic E-state index is 11.3. The smallest absolute Gasteiger partial charge is 0.434 e. The molecule has 0 spiro atoms. The van der Waals surface area contributed by atoms with Crippen molar-refractivity contribution in [3.8, 4) is 17.2 Å². The molecule has 0 bridgehead atoms. The number of para-hydroxylation sites is 1. The van der Waals surface area contributed by atoms with Crippen LogP contribution in [-0.4, -0.2) is 21.9 Å². The van der Waals surface area contributed by atoms with Crippen molar-refractivity contribution in [3.63, 3.8) is 0 Å². The van der Waals surface area contributed by atoms with Crippen LogP contribution in [-0.2, 0) is 6.54 Å². The van der Waals surface area contributed by atoms with E-state index in [2.05, 4.69) is 14.8 Å². The minimum absolute atomic E-state index is 0.296. The molecule has 0 aliphatic rings. The zero-order valence-electron chi connectivity index (χ0n) is 13.0. The minimum Gasteiger partial charge on any atom is -0.497 e. The lowest BCUT2D eigenvalue weighted by molar-refractivity contribution is 0.414. The van der Waals surface area contributed by atoms with Crippen molar-refractivity contribution in [1.29, 1.82) is 0 Å². The van der Waals surface area contributed by atoms with Gasteiger partial charge in [0.15, 0.2) is 0 Å². The van der Waals surface area contributed by atoms with Crippen LogP contribution in [0.25, 0.3) is 22.4 Å². The second-order valence-electron chi connectivity index (χ2n) is 5.45. The number of hydrogen-bond donors (Lipinski definition) is 1. The van der Waals surface area contributed by atoms with Gasteiger partial charge in [-0.15, -0.1) is 5.10 Å². The predicted octanol–water partition coefficient (Wildman–Crippen LogP) is 3.04. The lowest BCUT2D eigenvalue weighted by Gasteiger charge is -2.06. The average Bonchev–Trinajstić information content (AvgIpc) is 3.20. The Morgan fingerprint density at radius 2 is 1.96 bits per heavy atom. The van der Waals surface area contributed by atoms with Crippen LogP contribution in [0.5, 0.6) is 5.75 Å². The zero-order chi connectivity index (χ0) is 16.5. The molecule has 0 unspecified atom stereocenters. The molecule has 2 aromatic heterocycles. The summed E-state index contributed by atoms with van der Waals surface area (Å²) in [6.07, 6.45) is 1.95. The molecule has 0 atom stereocenters. The van der Waals surface area contributed by atoms with Gasteiger partial charge in [-0.3, -0.25) is 0 Å². The maximum atomic E-state index is 11.3. The summed E-state index contributed by atoms with van der Waals surface area (Å²) < 4.78 is 12.4. The molecule has 0 aliphatic carbocycles. The lowest BCUT2D eigenvalue weighted by atomic mass is 10.2. The van der Waals surface area contributed by atoms with E-state index in [0.717, 1.165) is 27.8 Å². The van der Waals surface area contributed by atoms with Crippen LogP contribution in [0, 0.1) is 0 Å². The third-order valence-electron chi connectivity index (χ3n) is 3.97. The summed E-state index contributed by atoms with van der Waals surface area (Å²) in [6.45, 7) is 0.694. The van der Waals surface area contributed by atoms with Gasteiger partial charge in [0.1, 0.15) is 5.75 Å². The monoisotopic (exact) mass is 321 g/mol. The number of ether oxygens (including phenoxy) is 1. The van der Waals surface area contributed by atoms with Crippen LogP contribution >= 0.6 is 0 Å². The standard InChI is InChI=1S/C18H15N3O3/c1-23-13-8-6-12(7-9-13)10-21-11-15(17-19-20-18(22)24-17)14-4-2-3-5-16(14)21/h2-9,11H,10H2,1H3,(H,20,22). The van der Waals surface area contributed by atoms with E-state index < -0.39 is 5.76 Å². The molecule has 2 aromatic carbocycles. The summed E-state index contributed by atoms with van der Waals surface area (Å²) in [5.74, 6) is 0.566. The second-order valence-corrected chi connectivity index (χ2v) is 5.45.